The second-order valence-electron chi connectivity index (χ2n) is 16.9. The van der Waals surface area contributed by atoms with E-state index >= 15 is 0 Å². The van der Waals surface area contributed by atoms with Crippen molar-refractivity contribution in [3.63, 3.8) is 0 Å². The predicted molar refractivity (Wildman–Crippen MR) is 241 cm³/mol. The minimum absolute atomic E-state index is 0.0295. The number of hydrogen-bond acceptors (Lipinski definition) is 14. The molecule has 0 radical (unpaired) electrons. The van der Waals surface area contributed by atoms with Gasteiger partial charge in [0.1, 0.15) is 42.0 Å². The molecule has 0 bridgehead atoms. The van der Waals surface area contributed by atoms with Crippen molar-refractivity contribution >= 4 is 58.0 Å². The molecule has 9 rings (SSSR count). The van der Waals surface area contributed by atoms with Crippen LogP contribution in [-0.4, -0.2) is 146 Å². The topological polar surface area (TPSA) is 228 Å². The molecule has 1 unspecified atom stereocenters. The van der Waals surface area contributed by atoms with Gasteiger partial charge in [0.25, 0.3) is 11.8 Å². The number of nitrogen functional groups attached to an aromatic ring is 1. The van der Waals surface area contributed by atoms with Gasteiger partial charge in [0, 0.05) is 69.9 Å². The van der Waals surface area contributed by atoms with Crippen LogP contribution in [0, 0.1) is 0 Å². The molecule has 19 heteroatoms. The first-order valence-electron chi connectivity index (χ1n) is 22.4. The van der Waals surface area contributed by atoms with Gasteiger partial charge < -0.3 is 30.3 Å². The maximum Gasteiger partial charge on any atom is 0.262 e. The van der Waals surface area contributed by atoms with E-state index in [9.17, 15) is 28.8 Å². The lowest BCUT2D eigenvalue weighted by Crippen LogP contribution is -2.54. The first-order valence-corrected chi connectivity index (χ1v) is 22.4. The van der Waals surface area contributed by atoms with Gasteiger partial charge in [0.2, 0.25) is 23.6 Å². The van der Waals surface area contributed by atoms with Gasteiger partial charge in [0.05, 0.1) is 29.2 Å². The number of aromatic nitrogens is 4. The van der Waals surface area contributed by atoms with E-state index in [1.807, 2.05) is 64.2 Å². The van der Waals surface area contributed by atoms with Gasteiger partial charge in [-0.05, 0) is 86.8 Å². The van der Waals surface area contributed by atoms with Crippen molar-refractivity contribution in [1.29, 1.82) is 0 Å². The van der Waals surface area contributed by atoms with Crippen LogP contribution in [0.3, 0.4) is 0 Å². The molecule has 0 saturated carbocycles. The molecule has 1 atom stereocenters. The van der Waals surface area contributed by atoms with E-state index in [0.29, 0.717) is 66.6 Å². The molecule has 0 aliphatic carbocycles. The number of piperidine rings is 2. The van der Waals surface area contributed by atoms with Crippen LogP contribution in [0.2, 0.25) is 0 Å². The third-order valence-corrected chi connectivity index (χ3v) is 12.6. The molecule has 4 N–H and O–H groups in total. The summed E-state index contributed by atoms with van der Waals surface area (Å²) in [5.74, 6) is -0.799. The maximum atomic E-state index is 13.3. The van der Waals surface area contributed by atoms with Crippen LogP contribution in [0.25, 0.3) is 22.3 Å². The van der Waals surface area contributed by atoms with Gasteiger partial charge in [-0.15, -0.1) is 0 Å². The summed E-state index contributed by atoms with van der Waals surface area (Å²) < 4.78 is 13.6. The number of benzene rings is 3. The zero-order valence-electron chi connectivity index (χ0n) is 36.4. The van der Waals surface area contributed by atoms with Crippen molar-refractivity contribution in [2.75, 3.05) is 76.6 Å². The zero-order valence-corrected chi connectivity index (χ0v) is 36.4. The van der Waals surface area contributed by atoms with E-state index < -0.39 is 35.6 Å². The maximum absolute atomic E-state index is 13.3. The van der Waals surface area contributed by atoms with Crippen LogP contribution < -0.4 is 21.1 Å². The Morgan fingerprint density at radius 1 is 0.803 bits per heavy atom. The number of nitrogens with one attached hydrogen (secondary N) is 2. The highest BCUT2D eigenvalue weighted by atomic mass is 16.5. The van der Waals surface area contributed by atoms with Crippen LogP contribution in [0.15, 0.2) is 79.1 Å². The summed E-state index contributed by atoms with van der Waals surface area (Å²) in [6, 6.07) is 20.7. The number of nitrogens with two attached hydrogens (primary N) is 1. The molecule has 19 nitrogen and oxygen atoms in total. The molecule has 342 valence electrons. The Balaban J connectivity index is 0.666. The van der Waals surface area contributed by atoms with E-state index in [-0.39, 0.29) is 42.5 Å². The summed E-state index contributed by atoms with van der Waals surface area (Å²) in [7, 11) is 0. The number of imide groups is 2. The highest BCUT2D eigenvalue weighted by Crippen LogP contribution is 2.36. The quantitative estimate of drug-likeness (QED) is 0.101. The number of anilines is 2. The van der Waals surface area contributed by atoms with Gasteiger partial charge in [-0.3, -0.25) is 43.9 Å². The average Bonchev–Trinajstić information content (AvgIpc) is 3.83. The Hall–Kier alpha value is -7.09. The Morgan fingerprint density at radius 2 is 1.52 bits per heavy atom. The van der Waals surface area contributed by atoms with Gasteiger partial charge in [-0.25, -0.2) is 14.6 Å². The van der Waals surface area contributed by atoms with Gasteiger partial charge in [-0.2, -0.15) is 5.10 Å². The summed E-state index contributed by atoms with van der Waals surface area (Å²) in [4.78, 5) is 92.3. The Kier molecular flexibility index (Phi) is 13.1. The van der Waals surface area contributed by atoms with Crippen LogP contribution in [0.4, 0.5) is 11.5 Å². The lowest BCUT2D eigenvalue weighted by atomic mass is 10.0. The summed E-state index contributed by atoms with van der Waals surface area (Å²) in [5.41, 5.74) is 9.20. The molecule has 6 amide bonds. The molecular weight excluding hydrogens is 847 g/mol. The number of nitrogens with zero attached hydrogens (tertiary/aromatic N) is 8. The smallest absolute Gasteiger partial charge is 0.262 e. The number of rotatable bonds is 15. The number of para-hydroxylation sites is 1. The van der Waals surface area contributed by atoms with Crippen molar-refractivity contribution in [2.45, 2.75) is 50.6 Å². The number of amides is 6. The molecule has 4 aliphatic heterocycles. The molecule has 4 aliphatic rings. The van der Waals surface area contributed by atoms with Crippen LogP contribution in [0.1, 0.15) is 65.3 Å². The zero-order chi connectivity index (χ0) is 45.7. The van der Waals surface area contributed by atoms with Crippen LogP contribution in [-0.2, 0) is 23.9 Å². The number of hydrogen-bond donors (Lipinski definition) is 3. The third kappa shape index (κ3) is 9.63. The van der Waals surface area contributed by atoms with Crippen molar-refractivity contribution in [1.82, 2.24) is 44.7 Å². The monoisotopic (exact) mass is 897 g/mol. The lowest BCUT2D eigenvalue weighted by Gasteiger charge is -2.35. The Bertz CT molecular complexity index is 2640. The Labute approximate surface area is 380 Å². The fourth-order valence-electron chi connectivity index (χ4n) is 9.07. The van der Waals surface area contributed by atoms with Crippen LogP contribution >= 0.6 is 0 Å². The van der Waals surface area contributed by atoms with E-state index in [1.165, 1.54) is 24.5 Å². The standard InChI is InChI=1S/C47H51N11O8/c48-43-41-42(30-8-11-34(12-9-30)66-33-5-2-1-3-6-33)53-58(44(41)50-29-49-43)32-16-19-56(20-17-32)40(61)7-4-18-54-21-23-55(24-22-54)25-26-65-28-39(60)51-31-10-13-35-36(27-31)47(64)57(46(35)63)37-14-15-38(59)52-45(37)62/h1-3,5-6,8-13,27,29,32,37H,4,7,14-26,28H2,(H,51,60)(H2,48,49,50)(H,52,59,62). The fourth-order valence-corrected chi connectivity index (χ4v) is 9.07. The van der Waals surface area contributed by atoms with Crippen molar-refractivity contribution in [3.05, 3.63) is 90.3 Å². The van der Waals surface area contributed by atoms with Gasteiger partial charge >= 0.3 is 0 Å². The van der Waals surface area contributed by atoms with E-state index in [0.717, 1.165) is 68.2 Å². The molecule has 3 saturated heterocycles. The van der Waals surface area contributed by atoms with E-state index in [4.69, 9.17) is 20.3 Å². The highest BCUT2D eigenvalue weighted by molar-refractivity contribution is 6.24. The normalized spacial score (nSPS) is 18.5. The fraction of sp³-hybridized carbons (Fsp3) is 0.383. The number of likely N-dealkylation sites (tertiary alicyclic amines) is 1. The minimum atomic E-state index is -1.06. The van der Waals surface area contributed by atoms with Crippen LogP contribution in [0.5, 0.6) is 11.5 Å². The molecule has 6 heterocycles. The largest absolute Gasteiger partial charge is 0.457 e. The molecule has 3 aromatic carbocycles. The van der Waals surface area contributed by atoms with Crippen molar-refractivity contribution in [3.8, 4) is 22.8 Å². The molecule has 3 fully saturated rings. The highest BCUT2D eigenvalue weighted by Gasteiger charge is 2.44. The van der Waals surface area contributed by atoms with Gasteiger partial charge in [0.15, 0.2) is 5.65 Å². The minimum Gasteiger partial charge on any atom is -0.457 e. The first-order chi connectivity index (χ1) is 32.1. The molecular formula is C47H51N11O8. The summed E-state index contributed by atoms with van der Waals surface area (Å²) in [6.45, 7) is 6.39. The average molecular weight is 898 g/mol. The SMILES string of the molecule is Nc1ncnc2c1c(-c1ccc(Oc3ccccc3)cc1)nn2C1CCN(C(=O)CCCN2CCN(CCOCC(=O)Nc3ccc4c(c3)C(=O)N(C3CCC(=O)NC3=O)C4=O)CC2)CC1. The second-order valence-corrected chi connectivity index (χ2v) is 16.9. The lowest BCUT2D eigenvalue weighted by molar-refractivity contribution is -0.136. The van der Waals surface area contributed by atoms with Gasteiger partial charge in [-0.1, -0.05) is 18.2 Å². The number of piperazine rings is 1. The number of ether oxygens (including phenoxy) is 2. The predicted octanol–water partition coefficient (Wildman–Crippen LogP) is 3.49. The second kappa shape index (κ2) is 19.6. The summed E-state index contributed by atoms with van der Waals surface area (Å²) in [5, 5.41) is 10.6. The Morgan fingerprint density at radius 3 is 2.26 bits per heavy atom. The van der Waals surface area contributed by atoms with Crippen molar-refractivity contribution < 1.29 is 38.2 Å². The third-order valence-electron chi connectivity index (χ3n) is 12.6. The number of carbonyl (C=O) groups is 6. The molecule has 5 aromatic rings. The first kappa shape index (κ1) is 44.1. The number of fused-ring (bicyclic) bond motifs is 2. The molecule has 0 spiro atoms. The summed E-state index contributed by atoms with van der Waals surface area (Å²) in [6.07, 6.45) is 4.33. The number of carbonyl (C=O) groups excluding carboxylic acids is 6. The van der Waals surface area contributed by atoms with E-state index in [1.54, 1.807) is 0 Å². The van der Waals surface area contributed by atoms with Crippen molar-refractivity contribution in [2.24, 2.45) is 0 Å². The molecule has 2 aromatic heterocycles. The summed E-state index contributed by atoms with van der Waals surface area (Å²) >= 11 is 0. The molecule has 66 heavy (non-hydrogen) atoms. The van der Waals surface area contributed by atoms with E-state index in [2.05, 4.69) is 30.4 Å².